The van der Waals surface area contributed by atoms with Gasteiger partial charge in [-0.1, -0.05) is 26.8 Å². The number of hydrazone groups is 1. The van der Waals surface area contributed by atoms with E-state index < -0.39 is 30.9 Å². The molecular weight excluding hydrogens is 351 g/mol. The molecule has 7 heteroatoms. The molecule has 146 valence electrons. The quantitative estimate of drug-likeness (QED) is 0.611. The highest BCUT2D eigenvalue weighted by molar-refractivity contribution is 5.95. The van der Waals surface area contributed by atoms with Crippen LogP contribution < -0.4 is 10.2 Å². The summed E-state index contributed by atoms with van der Waals surface area (Å²) in [4.78, 5) is 23.6. The van der Waals surface area contributed by atoms with Crippen LogP contribution in [-0.4, -0.2) is 30.8 Å². The Bertz CT molecular complexity index is 777. The number of carbonyl (C=O) groups excluding carboxylic acids is 2. The molecule has 2 bridgehead atoms. The highest BCUT2D eigenvalue weighted by Gasteiger charge is 2.60. The van der Waals surface area contributed by atoms with Crippen molar-refractivity contribution in [2.45, 2.75) is 40.0 Å². The summed E-state index contributed by atoms with van der Waals surface area (Å²) in [7, 11) is 0. The highest BCUT2D eigenvalue weighted by Crippen LogP contribution is 2.63. The van der Waals surface area contributed by atoms with E-state index in [4.69, 9.17) is 9.47 Å². The summed E-state index contributed by atoms with van der Waals surface area (Å²) in [5.74, 6) is -0.858. The number of amides is 1. The molecule has 2 aliphatic carbocycles. The van der Waals surface area contributed by atoms with Crippen LogP contribution in [0.15, 0.2) is 29.4 Å². The van der Waals surface area contributed by atoms with Crippen LogP contribution in [0.5, 0.6) is 5.75 Å². The molecule has 27 heavy (non-hydrogen) atoms. The van der Waals surface area contributed by atoms with Gasteiger partial charge in [-0.05, 0) is 42.7 Å². The van der Waals surface area contributed by atoms with E-state index in [-0.39, 0.29) is 16.6 Å². The number of fused-ring (bicyclic) bond motifs is 2. The lowest BCUT2D eigenvalue weighted by Gasteiger charge is -2.34. The Morgan fingerprint density at radius 3 is 2.70 bits per heavy atom. The fraction of sp³-hybridized carbons (Fsp3) is 0.550. The number of halogens is 1. The van der Waals surface area contributed by atoms with Gasteiger partial charge in [0.25, 0.3) is 5.91 Å². The minimum atomic E-state index is -0.713. The first-order chi connectivity index (χ1) is 12.7. The van der Waals surface area contributed by atoms with E-state index in [0.29, 0.717) is 5.92 Å². The van der Waals surface area contributed by atoms with E-state index in [1.165, 1.54) is 24.6 Å². The smallest absolute Gasteiger partial charge is 0.344 e. The Labute approximate surface area is 158 Å². The summed E-state index contributed by atoms with van der Waals surface area (Å²) in [6.45, 7) is 5.88. The van der Waals surface area contributed by atoms with E-state index in [0.717, 1.165) is 24.6 Å². The number of nitrogens with one attached hydrogen (secondary N) is 1. The van der Waals surface area contributed by atoms with Gasteiger partial charge in [0.1, 0.15) is 11.6 Å². The third-order valence-corrected chi connectivity index (χ3v) is 6.34. The molecule has 0 saturated heterocycles. The predicted octanol–water partition coefficient (Wildman–Crippen LogP) is 3.07. The number of hydrogen-bond acceptors (Lipinski definition) is 5. The number of benzene rings is 1. The van der Waals surface area contributed by atoms with Gasteiger partial charge in [0.15, 0.2) is 13.2 Å². The van der Waals surface area contributed by atoms with Crippen molar-refractivity contribution < 1.29 is 23.5 Å². The number of esters is 1. The molecular formula is C20H25FN2O4. The van der Waals surface area contributed by atoms with Crippen molar-refractivity contribution >= 4 is 17.6 Å². The van der Waals surface area contributed by atoms with Gasteiger partial charge in [-0.2, -0.15) is 5.10 Å². The van der Waals surface area contributed by atoms with Gasteiger partial charge in [0, 0.05) is 17.2 Å². The topological polar surface area (TPSA) is 77.0 Å². The molecule has 0 spiro atoms. The van der Waals surface area contributed by atoms with Gasteiger partial charge in [-0.25, -0.2) is 14.6 Å². The molecule has 1 amide bonds. The number of hydrogen-bond donors (Lipinski definition) is 1. The average molecular weight is 376 g/mol. The SMILES string of the molecule is CC12CCC(C/C1=N/NC(=O)COC(=O)COc1cccc(F)c1)C2(C)C. The molecule has 0 aliphatic heterocycles. The first-order valence-electron chi connectivity index (χ1n) is 9.12. The summed E-state index contributed by atoms with van der Waals surface area (Å²) in [5, 5.41) is 4.31. The van der Waals surface area contributed by atoms with Crippen LogP contribution in [0.2, 0.25) is 0 Å². The molecule has 0 heterocycles. The summed E-state index contributed by atoms with van der Waals surface area (Å²) >= 11 is 0. The Balaban J connectivity index is 1.43. The molecule has 2 unspecified atom stereocenters. The summed E-state index contributed by atoms with van der Waals surface area (Å²) in [5.41, 5.74) is 3.68. The summed E-state index contributed by atoms with van der Waals surface area (Å²) < 4.78 is 23.0. The first-order valence-corrected chi connectivity index (χ1v) is 9.12. The molecule has 2 saturated carbocycles. The maximum Gasteiger partial charge on any atom is 0.344 e. The van der Waals surface area contributed by atoms with Gasteiger partial charge >= 0.3 is 5.97 Å². The van der Waals surface area contributed by atoms with E-state index >= 15 is 0 Å². The van der Waals surface area contributed by atoms with Gasteiger partial charge in [0.2, 0.25) is 0 Å². The van der Waals surface area contributed by atoms with Crippen molar-refractivity contribution in [3.8, 4) is 5.75 Å². The second-order valence-corrected chi connectivity index (χ2v) is 7.99. The molecule has 2 atom stereocenters. The van der Waals surface area contributed by atoms with Crippen LogP contribution in [0.4, 0.5) is 4.39 Å². The number of ether oxygens (including phenoxy) is 2. The fourth-order valence-electron chi connectivity index (χ4n) is 4.15. The molecule has 1 aromatic rings. The summed E-state index contributed by atoms with van der Waals surface area (Å²) in [6, 6.07) is 5.43. The van der Waals surface area contributed by atoms with Gasteiger partial charge in [-0.15, -0.1) is 0 Å². The second-order valence-electron chi connectivity index (χ2n) is 7.99. The maximum atomic E-state index is 13.0. The van der Waals surface area contributed by atoms with Crippen LogP contribution in [0.25, 0.3) is 0 Å². The molecule has 3 rings (SSSR count). The lowest BCUT2D eigenvalue weighted by Crippen LogP contribution is -2.35. The van der Waals surface area contributed by atoms with Crippen molar-refractivity contribution in [1.82, 2.24) is 5.43 Å². The number of carbonyl (C=O) groups is 2. The third-order valence-electron chi connectivity index (χ3n) is 6.34. The third kappa shape index (κ3) is 3.82. The van der Waals surface area contributed by atoms with Crippen molar-refractivity contribution in [2.75, 3.05) is 13.2 Å². The first kappa shape index (κ1) is 19.3. The molecule has 0 aromatic heterocycles. The molecule has 2 aliphatic rings. The van der Waals surface area contributed by atoms with Crippen LogP contribution >= 0.6 is 0 Å². The molecule has 0 radical (unpaired) electrons. The van der Waals surface area contributed by atoms with E-state index in [2.05, 4.69) is 31.3 Å². The van der Waals surface area contributed by atoms with E-state index in [1.54, 1.807) is 0 Å². The van der Waals surface area contributed by atoms with Crippen LogP contribution in [-0.2, 0) is 14.3 Å². The lowest BCUT2D eigenvalue weighted by atomic mass is 9.70. The van der Waals surface area contributed by atoms with Gasteiger partial charge < -0.3 is 9.47 Å². The standard InChI is InChI=1S/C20H25FN2O4/c1-19(2)13-7-8-20(19,3)16(9-13)22-23-17(24)11-27-18(25)12-26-15-6-4-5-14(21)10-15/h4-6,10,13H,7-9,11-12H2,1-3H3,(H,23,24)/b22-16-. The largest absolute Gasteiger partial charge is 0.482 e. The second kappa shape index (κ2) is 7.29. The van der Waals surface area contributed by atoms with Crippen LogP contribution in [0.3, 0.4) is 0 Å². The number of nitrogens with zero attached hydrogens (tertiary/aromatic N) is 1. The zero-order valence-corrected chi connectivity index (χ0v) is 15.9. The Kier molecular flexibility index (Phi) is 5.22. The molecule has 1 aromatic carbocycles. The van der Waals surface area contributed by atoms with Crippen molar-refractivity contribution in [1.29, 1.82) is 0 Å². The molecule has 6 nitrogen and oxygen atoms in total. The van der Waals surface area contributed by atoms with Gasteiger partial charge in [0.05, 0.1) is 0 Å². The maximum absolute atomic E-state index is 13.0. The zero-order chi connectivity index (χ0) is 19.7. The average Bonchev–Trinajstić information content (AvgIpc) is 2.96. The summed E-state index contributed by atoms with van der Waals surface area (Å²) in [6.07, 6.45) is 3.16. The Morgan fingerprint density at radius 1 is 1.30 bits per heavy atom. The Morgan fingerprint density at radius 2 is 2.07 bits per heavy atom. The normalized spacial score (nSPS) is 26.8. The van der Waals surface area contributed by atoms with Crippen molar-refractivity contribution in [3.05, 3.63) is 30.1 Å². The van der Waals surface area contributed by atoms with E-state index in [1.807, 2.05) is 0 Å². The lowest BCUT2D eigenvalue weighted by molar-refractivity contribution is -0.150. The van der Waals surface area contributed by atoms with Crippen molar-refractivity contribution in [2.24, 2.45) is 21.8 Å². The van der Waals surface area contributed by atoms with Crippen LogP contribution in [0.1, 0.15) is 40.0 Å². The zero-order valence-electron chi connectivity index (χ0n) is 15.9. The minimum Gasteiger partial charge on any atom is -0.482 e. The molecule has 1 N–H and O–H groups in total. The van der Waals surface area contributed by atoms with E-state index in [9.17, 15) is 14.0 Å². The van der Waals surface area contributed by atoms with Crippen LogP contribution in [0, 0.1) is 22.6 Å². The number of rotatable bonds is 6. The highest BCUT2D eigenvalue weighted by atomic mass is 19.1. The predicted molar refractivity (Wildman–Crippen MR) is 97.7 cm³/mol. The van der Waals surface area contributed by atoms with Gasteiger partial charge in [-0.3, -0.25) is 4.79 Å². The Hall–Kier alpha value is -2.44. The molecule has 2 fully saturated rings. The minimum absolute atomic E-state index is 0.000417. The fourth-order valence-corrected chi connectivity index (χ4v) is 4.15. The monoisotopic (exact) mass is 376 g/mol. The van der Waals surface area contributed by atoms with Crippen molar-refractivity contribution in [3.63, 3.8) is 0 Å².